The van der Waals surface area contributed by atoms with Crippen LogP contribution in [0.3, 0.4) is 0 Å². The van der Waals surface area contributed by atoms with Gasteiger partial charge >= 0.3 is 0 Å². The molecule has 1 aromatic heterocycles. The van der Waals surface area contributed by atoms with E-state index in [4.69, 9.17) is 0 Å². The van der Waals surface area contributed by atoms with Gasteiger partial charge in [-0.1, -0.05) is 44.2 Å². The van der Waals surface area contributed by atoms with Crippen molar-refractivity contribution in [1.82, 2.24) is 9.29 Å². The summed E-state index contributed by atoms with van der Waals surface area (Å²) in [6.45, 7) is 5.28. The van der Waals surface area contributed by atoms with Gasteiger partial charge in [-0.2, -0.15) is 4.31 Å². The molecule has 0 amide bonds. The summed E-state index contributed by atoms with van der Waals surface area (Å²) in [6.07, 6.45) is 1.44. The first-order valence-corrected chi connectivity index (χ1v) is 9.14. The Morgan fingerprint density at radius 3 is 2.17 bits per heavy atom. The molecular formula is C17H23N3O2S. The second-order valence-corrected chi connectivity index (χ2v) is 7.22. The van der Waals surface area contributed by atoms with Crippen LogP contribution in [0, 0.1) is 0 Å². The number of pyridine rings is 1. The SMILES string of the molecule is CCN(CC)S(=O)(=O)c1ccc(N(C)Cc2ccccc2)nc1. The first-order valence-electron chi connectivity index (χ1n) is 7.70. The second-order valence-electron chi connectivity index (χ2n) is 5.28. The standard InChI is InChI=1S/C17H23N3O2S/c1-4-20(5-2)23(21,22)16-11-12-17(18-13-16)19(3)14-15-9-7-6-8-10-15/h6-13H,4-5,14H2,1-3H3. The summed E-state index contributed by atoms with van der Waals surface area (Å²) in [4.78, 5) is 6.54. The minimum absolute atomic E-state index is 0.234. The molecule has 2 aromatic rings. The number of anilines is 1. The highest BCUT2D eigenvalue weighted by atomic mass is 32.2. The Labute approximate surface area is 138 Å². The molecule has 0 atom stereocenters. The van der Waals surface area contributed by atoms with Crippen LogP contribution < -0.4 is 4.90 Å². The molecule has 0 aliphatic heterocycles. The van der Waals surface area contributed by atoms with E-state index in [0.717, 1.165) is 12.4 Å². The Hall–Kier alpha value is -1.92. The van der Waals surface area contributed by atoms with Gasteiger partial charge in [-0.15, -0.1) is 0 Å². The third kappa shape index (κ3) is 4.09. The van der Waals surface area contributed by atoms with Crippen LogP contribution in [0.25, 0.3) is 0 Å². The molecule has 0 aliphatic rings. The highest BCUT2D eigenvalue weighted by Crippen LogP contribution is 2.18. The lowest BCUT2D eigenvalue weighted by Gasteiger charge is -2.20. The first kappa shape index (κ1) is 17.4. The van der Waals surface area contributed by atoms with Crippen LogP contribution in [-0.4, -0.2) is 37.8 Å². The minimum atomic E-state index is -3.45. The van der Waals surface area contributed by atoms with Gasteiger partial charge in [-0.05, 0) is 17.7 Å². The third-order valence-corrected chi connectivity index (χ3v) is 5.75. The van der Waals surface area contributed by atoms with Gasteiger partial charge in [0.05, 0.1) is 0 Å². The summed E-state index contributed by atoms with van der Waals surface area (Å²) in [7, 11) is -1.51. The number of benzene rings is 1. The molecule has 0 fully saturated rings. The molecule has 0 saturated carbocycles. The average molecular weight is 333 g/mol. The molecule has 124 valence electrons. The van der Waals surface area contributed by atoms with Crippen LogP contribution in [0.5, 0.6) is 0 Å². The van der Waals surface area contributed by atoms with E-state index in [1.807, 2.05) is 44.0 Å². The maximum Gasteiger partial charge on any atom is 0.244 e. The van der Waals surface area contributed by atoms with Crippen molar-refractivity contribution in [1.29, 1.82) is 0 Å². The molecule has 2 rings (SSSR count). The predicted molar refractivity (Wildman–Crippen MR) is 92.9 cm³/mol. The predicted octanol–water partition coefficient (Wildman–Crippen LogP) is 2.75. The summed E-state index contributed by atoms with van der Waals surface area (Å²) in [6, 6.07) is 13.4. The maximum absolute atomic E-state index is 12.4. The van der Waals surface area contributed by atoms with Crippen molar-refractivity contribution in [3.8, 4) is 0 Å². The zero-order chi connectivity index (χ0) is 16.9. The Balaban J connectivity index is 2.16. The van der Waals surface area contributed by atoms with Crippen LogP contribution in [0.4, 0.5) is 5.82 Å². The van der Waals surface area contributed by atoms with E-state index in [2.05, 4.69) is 17.1 Å². The van der Waals surface area contributed by atoms with Gasteiger partial charge in [-0.3, -0.25) is 0 Å². The fourth-order valence-corrected chi connectivity index (χ4v) is 3.81. The second kappa shape index (κ2) is 7.57. The van der Waals surface area contributed by atoms with E-state index in [1.165, 1.54) is 16.1 Å². The molecule has 0 bridgehead atoms. The molecular weight excluding hydrogens is 310 g/mol. The molecule has 1 heterocycles. The Morgan fingerprint density at radius 2 is 1.65 bits per heavy atom. The monoisotopic (exact) mass is 333 g/mol. The van der Waals surface area contributed by atoms with Gasteiger partial charge in [0.1, 0.15) is 10.7 Å². The molecule has 5 nitrogen and oxygen atoms in total. The smallest absolute Gasteiger partial charge is 0.244 e. The molecule has 0 unspecified atom stereocenters. The van der Waals surface area contributed by atoms with Crippen molar-refractivity contribution < 1.29 is 8.42 Å². The number of rotatable bonds is 7. The summed E-state index contributed by atoms with van der Waals surface area (Å²) in [5, 5.41) is 0. The van der Waals surface area contributed by atoms with Crippen LogP contribution in [-0.2, 0) is 16.6 Å². The molecule has 0 radical (unpaired) electrons. The number of aromatic nitrogens is 1. The number of nitrogens with zero attached hydrogens (tertiary/aromatic N) is 3. The number of hydrogen-bond donors (Lipinski definition) is 0. The van der Waals surface area contributed by atoms with Crippen molar-refractivity contribution in [3.05, 3.63) is 54.2 Å². The van der Waals surface area contributed by atoms with Gasteiger partial charge in [0.2, 0.25) is 10.0 Å². The van der Waals surface area contributed by atoms with Crippen molar-refractivity contribution in [2.24, 2.45) is 0 Å². The van der Waals surface area contributed by atoms with Crippen molar-refractivity contribution in [2.45, 2.75) is 25.3 Å². The van der Waals surface area contributed by atoms with E-state index in [-0.39, 0.29) is 4.90 Å². The lowest BCUT2D eigenvalue weighted by molar-refractivity contribution is 0.445. The summed E-state index contributed by atoms with van der Waals surface area (Å²) >= 11 is 0. The number of hydrogen-bond acceptors (Lipinski definition) is 4. The maximum atomic E-state index is 12.4. The van der Waals surface area contributed by atoms with Crippen LogP contribution in [0.1, 0.15) is 19.4 Å². The fraction of sp³-hybridized carbons (Fsp3) is 0.353. The van der Waals surface area contributed by atoms with Crippen LogP contribution in [0.2, 0.25) is 0 Å². The molecule has 0 N–H and O–H groups in total. The van der Waals surface area contributed by atoms with Crippen LogP contribution >= 0.6 is 0 Å². The Bertz CT molecular complexity index is 711. The Kier molecular flexibility index (Phi) is 5.74. The van der Waals surface area contributed by atoms with Gasteiger partial charge < -0.3 is 4.90 Å². The Morgan fingerprint density at radius 1 is 1.00 bits per heavy atom. The van der Waals surface area contributed by atoms with Gasteiger partial charge in [0.25, 0.3) is 0 Å². The average Bonchev–Trinajstić information content (AvgIpc) is 2.56. The molecule has 0 spiro atoms. The highest BCUT2D eigenvalue weighted by molar-refractivity contribution is 7.89. The third-order valence-electron chi connectivity index (χ3n) is 3.72. The van der Waals surface area contributed by atoms with E-state index < -0.39 is 10.0 Å². The van der Waals surface area contributed by atoms with Gasteiger partial charge in [-0.25, -0.2) is 13.4 Å². The fourth-order valence-electron chi connectivity index (χ4n) is 2.40. The van der Waals surface area contributed by atoms with Crippen LogP contribution in [0.15, 0.2) is 53.6 Å². The summed E-state index contributed by atoms with van der Waals surface area (Å²) in [5.74, 6) is 0.743. The largest absolute Gasteiger partial charge is 0.355 e. The lowest BCUT2D eigenvalue weighted by Crippen LogP contribution is -2.30. The normalized spacial score (nSPS) is 11.7. The van der Waals surface area contributed by atoms with E-state index in [1.54, 1.807) is 12.1 Å². The van der Waals surface area contributed by atoms with E-state index >= 15 is 0 Å². The topological polar surface area (TPSA) is 53.5 Å². The molecule has 1 aromatic carbocycles. The molecule has 6 heteroatoms. The van der Waals surface area contributed by atoms with E-state index in [9.17, 15) is 8.42 Å². The molecule has 23 heavy (non-hydrogen) atoms. The minimum Gasteiger partial charge on any atom is -0.355 e. The molecule has 0 aliphatic carbocycles. The quantitative estimate of drug-likeness (QED) is 0.782. The van der Waals surface area contributed by atoms with E-state index in [0.29, 0.717) is 13.1 Å². The van der Waals surface area contributed by atoms with Crippen molar-refractivity contribution in [2.75, 3.05) is 25.0 Å². The lowest BCUT2D eigenvalue weighted by atomic mass is 10.2. The zero-order valence-electron chi connectivity index (χ0n) is 13.8. The first-order chi connectivity index (χ1) is 11.0. The zero-order valence-corrected chi connectivity index (χ0v) is 14.6. The highest BCUT2D eigenvalue weighted by Gasteiger charge is 2.21. The molecule has 0 saturated heterocycles. The van der Waals surface area contributed by atoms with Crippen molar-refractivity contribution >= 4 is 15.8 Å². The van der Waals surface area contributed by atoms with Gasteiger partial charge in [0.15, 0.2) is 0 Å². The summed E-state index contributed by atoms with van der Waals surface area (Å²) < 4.78 is 26.3. The summed E-state index contributed by atoms with van der Waals surface area (Å²) in [5.41, 5.74) is 1.18. The van der Waals surface area contributed by atoms with Crippen molar-refractivity contribution in [3.63, 3.8) is 0 Å². The van der Waals surface area contributed by atoms with Gasteiger partial charge in [0, 0.05) is 32.9 Å². The number of sulfonamides is 1.